The SMILES string of the molecule is CCCC(=O)Cc1nc(C)no1. The van der Waals surface area contributed by atoms with Crippen molar-refractivity contribution in [3.63, 3.8) is 0 Å². The Kier molecular flexibility index (Phi) is 2.96. The summed E-state index contributed by atoms with van der Waals surface area (Å²) in [4.78, 5) is 15.0. The van der Waals surface area contributed by atoms with Gasteiger partial charge in [0.1, 0.15) is 5.78 Å². The summed E-state index contributed by atoms with van der Waals surface area (Å²) in [5, 5.41) is 3.59. The van der Waals surface area contributed by atoms with Gasteiger partial charge in [0.25, 0.3) is 0 Å². The fraction of sp³-hybridized carbons (Fsp3) is 0.625. The van der Waals surface area contributed by atoms with E-state index in [1.165, 1.54) is 0 Å². The Labute approximate surface area is 71.0 Å². The highest BCUT2D eigenvalue weighted by Gasteiger charge is 2.07. The first kappa shape index (κ1) is 8.90. The van der Waals surface area contributed by atoms with Gasteiger partial charge in [-0.25, -0.2) is 0 Å². The molecular weight excluding hydrogens is 156 g/mol. The van der Waals surface area contributed by atoms with Gasteiger partial charge < -0.3 is 4.52 Å². The molecule has 0 bridgehead atoms. The Bertz CT molecular complexity index is 268. The van der Waals surface area contributed by atoms with E-state index in [4.69, 9.17) is 4.52 Å². The molecule has 0 aliphatic heterocycles. The summed E-state index contributed by atoms with van der Waals surface area (Å²) in [6, 6.07) is 0. The molecule has 0 aromatic carbocycles. The van der Waals surface area contributed by atoms with Crippen LogP contribution in [0.1, 0.15) is 31.5 Å². The van der Waals surface area contributed by atoms with E-state index < -0.39 is 0 Å². The maximum Gasteiger partial charge on any atom is 0.234 e. The third kappa shape index (κ3) is 2.45. The van der Waals surface area contributed by atoms with E-state index in [-0.39, 0.29) is 12.2 Å². The van der Waals surface area contributed by atoms with Crippen molar-refractivity contribution in [2.45, 2.75) is 33.1 Å². The number of nitrogens with zero attached hydrogens (tertiary/aromatic N) is 2. The van der Waals surface area contributed by atoms with Crippen molar-refractivity contribution in [2.75, 3.05) is 0 Å². The predicted octanol–water partition coefficient (Wildman–Crippen LogP) is 1.29. The summed E-state index contributed by atoms with van der Waals surface area (Å²) in [5.41, 5.74) is 0. The van der Waals surface area contributed by atoms with Crippen molar-refractivity contribution in [2.24, 2.45) is 0 Å². The Morgan fingerprint density at radius 2 is 2.33 bits per heavy atom. The van der Waals surface area contributed by atoms with E-state index in [1.54, 1.807) is 6.92 Å². The van der Waals surface area contributed by atoms with Crippen molar-refractivity contribution < 1.29 is 9.32 Å². The first-order valence-electron chi connectivity index (χ1n) is 4.03. The zero-order valence-corrected chi connectivity index (χ0v) is 7.33. The summed E-state index contributed by atoms with van der Waals surface area (Å²) in [6.07, 6.45) is 1.72. The van der Waals surface area contributed by atoms with E-state index in [2.05, 4.69) is 10.1 Å². The van der Waals surface area contributed by atoms with Crippen LogP contribution in [0.25, 0.3) is 0 Å². The molecule has 66 valence electrons. The average Bonchev–Trinajstić information content (AvgIpc) is 2.36. The maximum absolute atomic E-state index is 11.1. The minimum atomic E-state index is 0.154. The minimum Gasteiger partial charge on any atom is -0.339 e. The van der Waals surface area contributed by atoms with Crippen LogP contribution in [-0.2, 0) is 11.2 Å². The Morgan fingerprint density at radius 3 is 2.83 bits per heavy atom. The highest BCUT2D eigenvalue weighted by atomic mass is 16.5. The number of ketones is 1. The quantitative estimate of drug-likeness (QED) is 0.679. The van der Waals surface area contributed by atoms with Crippen LogP contribution in [0, 0.1) is 6.92 Å². The predicted molar refractivity (Wildman–Crippen MR) is 42.7 cm³/mol. The first-order chi connectivity index (χ1) is 5.72. The molecule has 12 heavy (non-hydrogen) atoms. The fourth-order valence-electron chi connectivity index (χ4n) is 0.948. The van der Waals surface area contributed by atoms with Gasteiger partial charge in [-0.1, -0.05) is 12.1 Å². The number of Topliss-reactive ketones (excluding diaryl/α,β-unsaturated/α-hetero) is 1. The Morgan fingerprint density at radius 1 is 1.58 bits per heavy atom. The lowest BCUT2D eigenvalue weighted by atomic mass is 10.2. The lowest BCUT2D eigenvalue weighted by molar-refractivity contribution is -0.118. The zero-order chi connectivity index (χ0) is 8.97. The second-order valence-electron chi connectivity index (χ2n) is 2.70. The molecule has 0 N–H and O–H groups in total. The normalized spacial score (nSPS) is 10.2. The van der Waals surface area contributed by atoms with Crippen molar-refractivity contribution in [3.8, 4) is 0 Å². The topological polar surface area (TPSA) is 56.0 Å². The molecule has 0 aliphatic rings. The van der Waals surface area contributed by atoms with Crippen molar-refractivity contribution >= 4 is 5.78 Å². The van der Waals surface area contributed by atoms with Gasteiger partial charge in [-0.2, -0.15) is 4.98 Å². The minimum absolute atomic E-state index is 0.154. The summed E-state index contributed by atoms with van der Waals surface area (Å²) in [6.45, 7) is 3.70. The van der Waals surface area contributed by atoms with Gasteiger partial charge in [-0.15, -0.1) is 0 Å². The summed E-state index contributed by atoms with van der Waals surface area (Å²) in [5.74, 6) is 1.15. The van der Waals surface area contributed by atoms with Crippen LogP contribution >= 0.6 is 0 Å². The molecule has 0 radical (unpaired) electrons. The molecule has 0 fully saturated rings. The highest BCUT2D eigenvalue weighted by Crippen LogP contribution is 2.00. The molecule has 1 heterocycles. The van der Waals surface area contributed by atoms with Crippen LogP contribution in [0.15, 0.2) is 4.52 Å². The van der Waals surface area contributed by atoms with Crippen molar-refractivity contribution in [1.29, 1.82) is 0 Å². The molecule has 0 saturated heterocycles. The van der Waals surface area contributed by atoms with Gasteiger partial charge in [-0.05, 0) is 13.3 Å². The number of carbonyl (C=O) groups is 1. The van der Waals surface area contributed by atoms with E-state index in [9.17, 15) is 4.79 Å². The molecule has 4 heteroatoms. The molecule has 1 aromatic heterocycles. The van der Waals surface area contributed by atoms with Crippen LogP contribution in [-0.4, -0.2) is 15.9 Å². The molecule has 1 aromatic rings. The van der Waals surface area contributed by atoms with Gasteiger partial charge >= 0.3 is 0 Å². The number of aryl methyl sites for hydroxylation is 1. The summed E-state index contributed by atoms with van der Waals surface area (Å²) >= 11 is 0. The van der Waals surface area contributed by atoms with E-state index in [1.807, 2.05) is 6.92 Å². The largest absolute Gasteiger partial charge is 0.339 e. The molecule has 1 rings (SSSR count). The zero-order valence-electron chi connectivity index (χ0n) is 7.33. The van der Waals surface area contributed by atoms with Gasteiger partial charge in [-0.3, -0.25) is 4.79 Å². The lowest BCUT2D eigenvalue weighted by Gasteiger charge is -1.91. The van der Waals surface area contributed by atoms with Crippen LogP contribution in [0.5, 0.6) is 0 Å². The lowest BCUT2D eigenvalue weighted by Crippen LogP contribution is -2.01. The smallest absolute Gasteiger partial charge is 0.234 e. The summed E-state index contributed by atoms with van der Waals surface area (Å²) < 4.78 is 4.80. The second-order valence-corrected chi connectivity index (χ2v) is 2.70. The van der Waals surface area contributed by atoms with Gasteiger partial charge in [0, 0.05) is 6.42 Å². The van der Waals surface area contributed by atoms with Crippen LogP contribution in [0.3, 0.4) is 0 Å². The molecular formula is C8H12N2O2. The molecule has 4 nitrogen and oxygen atoms in total. The Hall–Kier alpha value is -1.19. The molecule has 0 unspecified atom stereocenters. The van der Waals surface area contributed by atoms with Gasteiger partial charge in [0.05, 0.1) is 6.42 Å². The van der Waals surface area contributed by atoms with Crippen molar-refractivity contribution in [3.05, 3.63) is 11.7 Å². The third-order valence-electron chi connectivity index (χ3n) is 1.45. The van der Waals surface area contributed by atoms with E-state index in [0.717, 1.165) is 6.42 Å². The van der Waals surface area contributed by atoms with E-state index >= 15 is 0 Å². The molecule has 0 amide bonds. The van der Waals surface area contributed by atoms with Crippen molar-refractivity contribution in [1.82, 2.24) is 10.1 Å². The standard InChI is InChI=1S/C8H12N2O2/c1-3-4-7(11)5-8-9-6(2)10-12-8/h3-5H2,1-2H3. The first-order valence-corrected chi connectivity index (χ1v) is 4.03. The fourth-order valence-corrected chi connectivity index (χ4v) is 0.948. The molecule has 0 saturated carbocycles. The Balaban J connectivity index is 2.46. The number of rotatable bonds is 4. The highest BCUT2D eigenvalue weighted by molar-refractivity contribution is 5.79. The number of aromatic nitrogens is 2. The molecule has 0 aliphatic carbocycles. The molecule has 0 atom stereocenters. The molecule has 0 spiro atoms. The number of carbonyl (C=O) groups excluding carboxylic acids is 1. The monoisotopic (exact) mass is 168 g/mol. The van der Waals surface area contributed by atoms with E-state index in [0.29, 0.717) is 18.1 Å². The number of hydrogen-bond acceptors (Lipinski definition) is 4. The van der Waals surface area contributed by atoms with Gasteiger partial charge in [0.2, 0.25) is 5.89 Å². The maximum atomic E-state index is 11.1. The van der Waals surface area contributed by atoms with Crippen LogP contribution in [0.2, 0.25) is 0 Å². The van der Waals surface area contributed by atoms with Gasteiger partial charge in [0.15, 0.2) is 5.82 Å². The second kappa shape index (κ2) is 3.99. The third-order valence-corrected chi connectivity index (χ3v) is 1.45. The van der Waals surface area contributed by atoms with Crippen LogP contribution in [0.4, 0.5) is 0 Å². The van der Waals surface area contributed by atoms with Crippen LogP contribution < -0.4 is 0 Å². The summed E-state index contributed by atoms with van der Waals surface area (Å²) in [7, 11) is 0. The number of hydrogen-bond donors (Lipinski definition) is 0. The average molecular weight is 168 g/mol.